The molecule has 0 unspecified atom stereocenters. The number of hydrogen-bond donors (Lipinski definition) is 0. The molecular weight excluding hydrogens is 1280 g/mol. The van der Waals surface area contributed by atoms with Crippen LogP contribution in [0, 0.1) is 79.3 Å². The molecule has 0 aliphatic carbocycles. The molecule has 0 saturated heterocycles. The Balaban J connectivity index is 0.000000163. The van der Waals surface area contributed by atoms with E-state index in [1.54, 1.807) is 90.2 Å². The first-order valence-electron chi connectivity index (χ1n) is 53.6. The van der Waals surface area contributed by atoms with Gasteiger partial charge in [-0.3, -0.25) is 0 Å². The molecule has 8 aromatic heterocycles. The molecule has 16 aromatic rings. The van der Waals surface area contributed by atoms with Gasteiger partial charge in [-0.05, 0) is 221 Å². The topological polar surface area (TPSA) is 91.9 Å². The number of nitriles is 1. The molecule has 9 nitrogen and oxygen atoms in total. The van der Waals surface area contributed by atoms with E-state index in [1.807, 2.05) is 93.6 Å². The summed E-state index contributed by atoms with van der Waals surface area (Å²) in [6, 6.07) is 36.8. The Bertz CT molecular complexity index is 7990. The Labute approximate surface area is 670 Å². The van der Waals surface area contributed by atoms with E-state index in [2.05, 4.69) is 6.07 Å². The van der Waals surface area contributed by atoms with Gasteiger partial charge in [-0.15, -0.1) is 0 Å². The molecule has 104 heavy (non-hydrogen) atoms. The van der Waals surface area contributed by atoms with Crippen molar-refractivity contribution < 1.29 is 92.1 Å². The number of furan rings is 4. The normalized spacial score (nSPS) is 19.0. The number of aryl methyl sites for hydroxylation is 6. The molecule has 0 N–H and O–H groups in total. The van der Waals surface area contributed by atoms with Crippen molar-refractivity contribution in [2.24, 2.45) is 34.1 Å². The van der Waals surface area contributed by atoms with E-state index in [0.717, 1.165) is 68.7 Å². The van der Waals surface area contributed by atoms with Gasteiger partial charge in [0.2, 0.25) is 22.8 Å². The standard InChI is InChI=1S/C24H23N2O.2C24H26NO.C23H24NO/c1-14(2)20-11-21(26(5)13-15(20)3)18-9-10-22-23(16(18)4)19-8-6-7-17(12-25)24(19)27-22;1-14(2)19-12-21(25(6)13-16(19)4)18-8-10-23-24(17(18)5)20-11-15(3)7-9-22(20)26-23;1-14(2)20-12-21(25(6)13-16(20)4)18-9-10-22-24(17(18)5)19-8-7-15(3)11-23(19)26-22;1-15(2)13-17-11-12-24(4)20(14-17)18-9-10-22-23(16(18)3)19-7-5-6-8-21(19)25-22/h6-11,13-14H,1-5H3;2*7-14H,1-6H3;5-12,14-15H,13H2,1-4H3/q4*+1/i1D3,2D3,3D3,11D,13D,14D;2*1D3,2D3,4D3,12D,13D,14D;11D,12D,13D2,14D. The molecule has 16 rings (SSSR count). The van der Waals surface area contributed by atoms with Crippen molar-refractivity contribution >= 4 is 87.8 Å². The second kappa shape index (κ2) is 28.7. The first-order valence-corrected chi connectivity index (χ1v) is 33.1. The van der Waals surface area contributed by atoms with Crippen LogP contribution in [0.25, 0.3) is 133 Å². The van der Waals surface area contributed by atoms with Crippen molar-refractivity contribution in [2.75, 3.05) is 0 Å². The number of nitrogens with zero attached hydrogens (tertiary/aromatic N) is 5. The first kappa shape index (κ1) is 37.0. The number of para-hydroxylation sites is 2. The zero-order valence-electron chi connectivity index (χ0n) is 100. The number of aromatic nitrogens is 4. The van der Waals surface area contributed by atoms with Gasteiger partial charge in [0.25, 0.3) is 0 Å². The van der Waals surface area contributed by atoms with E-state index in [1.165, 1.54) is 31.8 Å². The third kappa shape index (κ3) is 13.4. The minimum absolute atomic E-state index is 0.0350. The van der Waals surface area contributed by atoms with E-state index >= 15 is 0 Å². The molecule has 9 heteroatoms. The molecule has 0 amide bonds. The Kier molecular flexibility index (Phi) is 10.2. The fraction of sp³-hybridized carbons (Fsp3) is 0.274. The second-order valence-corrected chi connectivity index (χ2v) is 25.9. The van der Waals surface area contributed by atoms with Crippen LogP contribution in [0.4, 0.5) is 0 Å². The summed E-state index contributed by atoms with van der Waals surface area (Å²) in [6.07, 6.45) is -4.17. The van der Waals surface area contributed by atoms with Crippen LogP contribution in [0.15, 0.2) is 200 Å². The summed E-state index contributed by atoms with van der Waals surface area (Å²) in [5.41, 5.74) is 5.26. The third-order valence-corrected chi connectivity index (χ3v) is 18.4. The lowest BCUT2D eigenvalue weighted by atomic mass is 9.94. The highest BCUT2D eigenvalue weighted by molar-refractivity contribution is 6.12. The number of pyridine rings is 4. The van der Waals surface area contributed by atoms with E-state index in [-0.39, 0.29) is 46.5 Å². The number of hydrogen-bond acceptors (Lipinski definition) is 5. The maximum Gasteiger partial charge on any atom is 0.212 e. The molecule has 8 aromatic carbocycles. The minimum Gasteiger partial charge on any atom is -0.456 e. The minimum atomic E-state index is -3.58. The van der Waals surface area contributed by atoms with Gasteiger partial charge < -0.3 is 17.7 Å². The Morgan fingerprint density at radius 3 is 1.32 bits per heavy atom. The molecule has 0 fully saturated rings. The SMILES string of the molecule is [2H]c1c(C([2H])(C([2H])([2H])[2H])C([2H])([2H])[2H])c(C([2H])([2H])[2H])c([2H])[n+](C)c1-c1ccc2oc3c(C#N)cccc3c2c1C.[2H]c1c(C([2H])(C([2H])([2H])[2H])C([2H])([2H])[2H])c(C([2H])([2H])[2H])c([2H])[n+](C)c1-c1ccc2oc3cc(C)ccc3c2c1C.[2H]c1c(C([2H])(C([2H])([2H])[2H])C([2H])([2H])[2H])c(C([2H])([2H])[2H])c([2H])[n+](C)c1-c1ccc2oc3ccc(C)cc3c2c1C.[2H]c1c(C([2H])([2H])C(C)C)c([2H])c(-c2ccc3oc4ccccc4c3c2C)[n+](C)c1[2H]. The van der Waals surface area contributed by atoms with Gasteiger partial charge in [-0.25, -0.2) is 18.3 Å². The van der Waals surface area contributed by atoms with Crippen molar-refractivity contribution in [2.45, 2.75) is 141 Å². The molecule has 0 saturated carbocycles. The van der Waals surface area contributed by atoms with Gasteiger partial charge in [0, 0.05) is 156 Å². The molecule has 524 valence electrons. The van der Waals surface area contributed by atoms with Crippen LogP contribution in [-0.2, 0) is 34.6 Å². The van der Waals surface area contributed by atoms with Crippen LogP contribution >= 0.6 is 0 Å². The molecule has 8 heterocycles. The van der Waals surface area contributed by atoms with E-state index in [0.29, 0.717) is 94.1 Å². The van der Waals surface area contributed by atoms with Crippen LogP contribution < -0.4 is 18.3 Å². The zero-order chi connectivity index (χ0) is 109. The molecule has 0 radical (unpaired) electrons. The van der Waals surface area contributed by atoms with Crippen LogP contribution in [-0.4, -0.2) is 0 Å². The first-order chi connectivity index (χ1) is 66.3. The smallest absolute Gasteiger partial charge is 0.212 e. The van der Waals surface area contributed by atoms with E-state index in [4.69, 9.17) is 73.9 Å². The Morgan fingerprint density at radius 2 is 0.837 bits per heavy atom. The van der Waals surface area contributed by atoms with Crippen molar-refractivity contribution in [3.05, 3.63) is 260 Å². The average Bonchev–Trinajstić information content (AvgIpc) is 0.746. The summed E-state index contributed by atoms with van der Waals surface area (Å²) in [5.74, 6) is -10.9. The quantitative estimate of drug-likeness (QED) is 0.134. The van der Waals surface area contributed by atoms with Crippen LogP contribution in [0.1, 0.15) is 207 Å². The lowest BCUT2D eigenvalue weighted by molar-refractivity contribution is -0.660. The van der Waals surface area contributed by atoms with Crippen molar-refractivity contribution in [1.29, 1.82) is 5.26 Å². The second-order valence-electron chi connectivity index (χ2n) is 25.9. The highest BCUT2D eigenvalue weighted by Gasteiger charge is 2.26. The fourth-order valence-electron chi connectivity index (χ4n) is 13.4. The Hall–Kier alpha value is -11.0. The highest BCUT2D eigenvalue weighted by atomic mass is 16.3. The summed E-state index contributed by atoms with van der Waals surface area (Å²) in [6.45, 7) is -16.5. The molecule has 0 aliphatic heterocycles. The number of fused-ring (bicyclic) bond motifs is 12. The summed E-state index contributed by atoms with van der Waals surface area (Å²) < 4.78 is 366. The molecule has 0 spiro atoms. The van der Waals surface area contributed by atoms with Crippen molar-refractivity contribution in [3.63, 3.8) is 0 Å². The largest absolute Gasteiger partial charge is 0.456 e. The molecule has 0 aliphatic rings. The predicted octanol–water partition coefficient (Wildman–Crippen LogP) is 23.5. The fourth-order valence-corrected chi connectivity index (χ4v) is 13.4. The van der Waals surface area contributed by atoms with Crippen molar-refractivity contribution in [3.8, 4) is 51.1 Å². The van der Waals surface area contributed by atoms with Crippen LogP contribution in [0.2, 0.25) is 0 Å². The van der Waals surface area contributed by atoms with Gasteiger partial charge in [-0.1, -0.05) is 109 Å². The predicted molar refractivity (Wildman–Crippen MR) is 429 cm³/mol. The molecule has 0 bridgehead atoms. The average molecular weight is 1420 g/mol. The van der Waals surface area contributed by atoms with Gasteiger partial charge in [-0.2, -0.15) is 5.26 Å². The number of rotatable bonds is 9. The molecule has 0 atom stereocenters. The lowest BCUT2D eigenvalue weighted by Gasteiger charge is -2.12. The van der Waals surface area contributed by atoms with Crippen LogP contribution in [0.5, 0.6) is 0 Å². The monoisotopic (exact) mass is 1420 g/mol. The number of benzene rings is 8. The molecular formula is C95H99N5O4+4. The van der Waals surface area contributed by atoms with Gasteiger partial charge in [0.15, 0.2) is 30.3 Å². The van der Waals surface area contributed by atoms with Crippen molar-refractivity contribution in [1.82, 2.24) is 0 Å². The highest BCUT2D eigenvalue weighted by Crippen LogP contribution is 2.42. The van der Waals surface area contributed by atoms with E-state index in [9.17, 15) is 5.26 Å². The summed E-state index contributed by atoms with van der Waals surface area (Å²) in [7, 11) is 5.67. The maximum absolute atomic E-state index is 9.48. The van der Waals surface area contributed by atoms with Gasteiger partial charge in [0.05, 0.1) is 12.4 Å². The van der Waals surface area contributed by atoms with E-state index < -0.39 is 162 Å². The lowest BCUT2D eigenvalue weighted by Crippen LogP contribution is -2.32. The summed E-state index contributed by atoms with van der Waals surface area (Å²) in [5, 5.41) is 15.5. The summed E-state index contributed by atoms with van der Waals surface area (Å²) >= 11 is 0. The zero-order valence-corrected chi connectivity index (χ0v) is 59.1. The third-order valence-electron chi connectivity index (χ3n) is 18.4. The van der Waals surface area contributed by atoms with Gasteiger partial charge in [0.1, 0.15) is 78.8 Å². The summed E-state index contributed by atoms with van der Waals surface area (Å²) in [4.78, 5) is 0. The van der Waals surface area contributed by atoms with Crippen LogP contribution in [0.3, 0.4) is 0 Å². The van der Waals surface area contributed by atoms with Gasteiger partial charge >= 0.3 is 0 Å². The maximum atomic E-state index is 9.48. The Morgan fingerprint density at radius 1 is 0.433 bits per heavy atom.